The van der Waals surface area contributed by atoms with Crippen molar-refractivity contribution in [1.29, 1.82) is 0 Å². The van der Waals surface area contributed by atoms with Crippen molar-refractivity contribution < 1.29 is 14.3 Å². The van der Waals surface area contributed by atoms with Crippen LogP contribution >= 0.6 is 0 Å². The van der Waals surface area contributed by atoms with Gasteiger partial charge in [0.2, 0.25) is 5.91 Å². The lowest BCUT2D eigenvalue weighted by Crippen LogP contribution is -2.44. The molecule has 6 nitrogen and oxygen atoms in total. The second-order valence-electron chi connectivity index (χ2n) is 6.65. The lowest BCUT2D eigenvalue weighted by Gasteiger charge is -2.33. The van der Waals surface area contributed by atoms with Crippen LogP contribution in [0.3, 0.4) is 0 Å². The molecular weight excluding hydrogens is 330 g/mol. The van der Waals surface area contributed by atoms with Gasteiger partial charge in [-0.25, -0.2) is 4.79 Å². The van der Waals surface area contributed by atoms with Crippen molar-refractivity contribution in [2.24, 2.45) is 0 Å². The Morgan fingerprint density at radius 2 is 1.85 bits per heavy atom. The van der Waals surface area contributed by atoms with Gasteiger partial charge in [0.1, 0.15) is 0 Å². The number of hydrogen-bond acceptors (Lipinski definition) is 4. The van der Waals surface area contributed by atoms with Gasteiger partial charge >= 0.3 is 6.09 Å². The molecule has 2 amide bonds. The summed E-state index contributed by atoms with van der Waals surface area (Å²) in [6.07, 6.45) is 5.44. The lowest BCUT2D eigenvalue weighted by molar-refractivity contribution is -0.132. The third kappa shape index (κ3) is 5.38. The molecule has 0 atom stereocenters. The van der Waals surface area contributed by atoms with Crippen LogP contribution in [0.25, 0.3) is 0 Å². The number of nitrogens with one attached hydrogen (secondary N) is 2. The van der Waals surface area contributed by atoms with E-state index >= 15 is 0 Å². The number of carbonyl (C=O) groups excluding carboxylic acids is 2. The summed E-state index contributed by atoms with van der Waals surface area (Å²) >= 11 is 0. The number of anilines is 2. The average molecular weight is 361 g/mol. The van der Waals surface area contributed by atoms with Gasteiger partial charge in [0.25, 0.3) is 0 Å². The quantitative estimate of drug-likeness (QED) is 0.765. The largest absolute Gasteiger partial charge is 0.450 e. The molecule has 2 rings (SSSR count). The van der Waals surface area contributed by atoms with Crippen LogP contribution in [0, 0.1) is 6.92 Å². The molecule has 2 N–H and O–H groups in total. The van der Waals surface area contributed by atoms with Crippen LogP contribution in [0.2, 0.25) is 0 Å². The number of ether oxygens (including phenoxy) is 1. The molecule has 6 heteroatoms. The van der Waals surface area contributed by atoms with E-state index in [1.165, 1.54) is 19.3 Å². The first kappa shape index (κ1) is 20.1. The number of benzene rings is 1. The summed E-state index contributed by atoms with van der Waals surface area (Å²) in [4.78, 5) is 26.3. The van der Waals surface area contributed by atoms with Crippen molar-refractivity contribution in [3.8, 4) is 0 Å². The minimum absolute atomic E-state index is 0.127. The standard InChI is InChI=1S/C20H31N3O3/c1-4-23(16-10-7-6-8-11-16)19(24)14-21-17-12-9-13-18(15(17)3)22-20(25)26-5-2/h9,12-13,16,21H,4-8,10-11,14H2,1-3H3,(H,22,25). The fraction of sp³-hybridized carbons (Fsp3) is 0.600. The molecule has 0 heterocycles. The van der Waals surface area contributed by atoms with Gasteiger partial charge in [0.05, 0.1) is 13.2 Å². The Bertz CT molecular complexity index is 612. The molecule has 1 fully saturated rings. The van der Waals surface area contributed by atoms with Gasteiger partial charge in [0.15, 0.2) is 0 Å². The summed E-state index contributed by atoms with van der Waals surface area (Å²) in [6.45, 7) is 7.05. The van der Waals surface area contributed by atoms with Crippen LogP contribution in [0.5, 0.6) is 0 Å². The molecule has 1 saturated carbocycles. The molecule has 26 heavy (non-hydrogen) atoms. The van der Waals surface area contributed by atoms with E-state index in [1.807, 2.05) is 36.9 Å². The van der Waals surface area contributed by atoms with Gasteiger partial charge in [-0.2, -0.15) is 0 Å². The van der Waals surface area contributed by atoms with Crippen LogP contribution in [-0.2, 0) is 9.53 Å². The van der Waals surface area contributed by atoms with Crippen LogP contribution < -0.4 is 10.6 Å². The Morgan fingerprint density at radius 1 is 1.15 bits per heavy atom. The maximum absolute atomic E-state index is 12.7. The number of hydrogen-bond donors (Lipinski definition) is 2. The van der Waals surface area contributed by atoms with E-state index in [0.717, 1.165) is 30.6 Å². The summed E-state index contributed by atoms with van der Waals surface area (Å²) in [5.74, 6) is 0.127. The Kier molecular flexibility index (Phi) is 7.75. The van der Waals surface area contributed by atoms with Crippen LogP contribution in [0.15, 0.2) is 18.2 Å². The summed E-state index contributed by atoms with van der Waals surface area (Å²) in [5.41, 5.74) is 2.40. The average Bonchev–Trinajstić information content (AvgIpc) is 2.64. The van der Waals surface area contributed by atoms with Crippen molar-refractivity contribution in [3.05, 3.63) is 23.8 Å². The van der Waals surface area contributed by atoms with E-state index < -0.39 is 6.09 Å². The summed E-state index contributed by atoms with van der Waals surface area (Å²) in [5, 5.41) is 5.96. The Labute approximate surface area is 156 Å². The molecule has 0 aromatic heterocycles. The highest BCUT2D eigenvalue weighted by Crippen LogP contribution is 2.25. The fourth-order valence-corrected chi connectivity index (χ4v) is 3.54. The first-order valence-electron chi connectivity index (χ1n) is 9.63. The van der Waals surface area contributed by atoms with E-state index in [0.29, 0.717) is 18.3 Å². The van der Waals surface area contributed by atoms with Crippen molar-refractivity contribution >= 4 is 23.4 Å². The molecule has 0 unspecified atom stereocenters. The molecule has 0 bridgehead atoms. The number of carbonyl (C=O) groups is 2. The Morgan fingerprint density at radius 3 is 2.50 bits per heavy atom. The Hall–Kier alpha value is -2.24. The van der Waals surface area contributed by atoms with Gasteiger partial charge < -0.3 is 15.0 Å². The molecule has 1 aromatic rings. The zero-order valence-electron chi connectivity index (χ0n) is 16.1. The fourth-order valence-electron chi connectivity index (χ4n) is 3.54. The molecule has 0 aliphatic heterocycles. The van der Waals surface area contributed by atoms with Gasteiger partial charge in [-0.05, 0) is 51.3 Å². The van der Waals surface area contributed by atoms with Gasteiger partial charge in [0, 0.05) is 24.0 Å². The minimum atomic E-state index is -0.474. The SMILES string of the molecule is CCOC(=O)Nc1cccc(NCC(=O)N(CC)C2CCCCC2)c1C. The smallest absolute Gasteiger partial charge is 0.411 e. The van der Waals surface area contributed by atoms with Crippen LogP contribution in [0.1, 0.15) is 51.5 Å². The second-order valence-corrected chi connectivity index (χ2v) is 6.65. The van der Waals surface area contributed by atoms with E-state index in [-0.39, 0.29) is 12.5 Å². The molecule has 0 radical (unpaired) electrons. The highest BCUT2D eigenvalue weighted by Gasteiger charge is 2.23. The number of amides is 2. The highest BCUT2D eigenvalue weighted by molar-refractivity contribution is 5.88. The highest BCUT2D eigenvalue weighted by atomic mass is 16.5. The monoisotopic (exact) mass is 361 g/mol. The van der Waals surface area contributed by atoms with Crippen molar-refractivity contribution in [1.82, 2.24) is 4.90 Å². The van der Waals surface area contributed by atoms with Crippen molar-refractivity contribution in [3.63, 3.8) is 0 Å². The van der Waals surface area contributed by atoms with Gasteiger partial charge in [-0.1, -0.05) is 25.3 Å². The Balaban J connectivity index is 1.97. The second kappa shape index (κ2) is 10.0. The third-order valence-electron chi connectivity index (χ3n) is 4.95. The zero-order valence-corrected chi connectivity index (χ0v) is 16.1. The summed E-state index contributed by atoms with van der Waals surface area (Å²) in [7, 11) is 0. The number of likely N-dealkylation sites (N-methyl/N-ethyl adjacent to an activating group) is 1. The van der Waals surface area contributed by atoms with Crippen molar-refractivity contribution in [2.45, 2.75) is 58.9 Å². The predicted octanol–water partition coefficient (Wildman–Crippen LogP) is 4.16. The van der Waals surface area contributed by atoms with E-state index in [1.54, 1.807) is 6.92 Å². The lowest BCUT2D eigenvalue weighted by atomic mass is 9.94. The number of nitrogens with zero attached hydrogens (tertiary/aromatic N) is 1. The molecule has 1 aliphatic rings. The van der Waals surface area contributed by atoms with Gasteiger partial charge in [-0.3, -0.25) is 10.1 Å². The topological polar surface area (TPSA) is 70.7 Å². The van der Waals surface area contributed by atoms with Crippen LogP contribution in [-0.4, -0.2) is 42.6 Å². The predicted molar refractivity (Wildman–Crippen MR) is 105 cm³/mol. The van der Waals surface area contributed by atoms with Gasteiger partial charge in [-0.15, -0.1) is 0 Å². The third-order valence-corrected chi connectivity index (χ3v) is 4.95. The van der Waals surface area contributed by atoms with E-state index in [4.69, 9.17) is 4.74 Å². The van der Waals surface area contributed by atoms with E-state index in [9.17, 15) is 9.59 Å². The van der Waals surface area contributed by atoms with Crippen LogP contribution in [0.4, 0.5) is 16.2 Å². The first-order valence-corrected chi connectivity index (χ1v) is 9.63. The van der Waals surface area contributed by atoms with E-state index in [2.05, 4.69) is 10.6 Å². The molecule has 0 saturated heterocycles. The number of rotatable bonds is 7. The molecule has 1 aliphatic carbocycles. The minimum Gasteiger partial charge on any atom is -0.450 e. The maximum Gasteiger partial charge on any atom is 0.411 e. The molecule has 144 valence electrons. The summed E-state index contributed by atoms with van der Waals surface area (Å²) < 4.78 is 4.92. The normalized spacial score (nSPS) is 14.6. The zero-order chi connectivity index (χ0) is 18.9. The molecule has 1 aromatic carbocycles. The molecular formula is C20H31N3O3. The maximum atomic E-state index is 12.7. The first-order chi connectivity index (χ1) is 12.6. The van der Waals surface area contributed by atoms with Crippen molar-refractivity contribution in [2.75, 3.05) is 30.3 Å². The molecule has 0 spiro atoms. The summed E-state index contributed by atoms with van der Waals surface area (Å²) in [6, 6.07) is 5.95.